The van der Waals surface area contributed by atoms with Gasteiger partial charge in [-0.1, -0.05) is 19.1 Å². The van der Waals surface area contributed by atoms with Gasteiger partial charge in [0, 0.05) is 30.6 Å². The second-order valence-electron chi connectivity index (χ2n) is 5.99. The van der Waals surface area contributed by atoms with Gasteiger partial charge in [0.2, 0.25) is 0 Å². The lowest BCUT2D eigenvalue weighted by Crippen LogP contribution is -2.48. The van der Waals surface area contributed by atoms with Gasteiger partial charge in [0.15, 0.2) is 0 Å². The number of sulfonamides is 1. The Kier molecular flexibility index (Phi) is 5.05. The van der Waals surface area contributed by atoms with Crippen molar-refractivity contribution in [3.63, 3.8) is 0 Å². The van der Waals surface area contributed by atoms with Gasteiger partial charge in [-0.3, -0.25) is 4.90 Å². The third-order valence-corrected chi connectivity index (χ3v) is 8.01. The summed E-state index contributed by atoms with van der Waals surface area (Å²) in [5, 5.41) is 0. The number of aryl methyl sites for hydroxylation is 1. The van der Waals surface area contributed by atoms with Gasteiger partial charge in [0.25, 0.3) is 10.0 Å². The third kappa shape index (κ3) is 3.39. The topological polar surface area (TPSA) is 40.6 Å². The van der Waals surface area contributed by atoms with Crippen molar-refractivity contribution < 1.29 is 12.8 Å². The quantitative estimate of drug-likeness (QED) is 0.832. The van der Waals surface area contributed by atoms with Crippen molar-refractivity contribution in [3.05, 3.63) is 52.7 Å². The van der Waals surface area contributed by atoms with Crippen LogP contribution in [-0.2, 0) is 16.4 Å². The van der Waals surface area contributed by atoms with Crippen molar-refractivity contribution in [2.75, 3.05) is 26.7 Å². The number of halogens is 1. The fraction of sp³-hybridized carbons (Fsp3) is 0.412. The largest absolute Gasteiger partial charge is 0.297 e. The lowest BCUT2D eigenvalue weighted by molar-refractivity contribution is 0.148. The highest BCUT2D eigenvalue weighted by atomic mass is 32.2. The normalized spacial score (nSPS) is 20.4. The third-order valence-electron chi connectivity index (χ3n) is 4.45. The molecule has 0 radical (unpaired) electrons. The van der Waals surface area contributed by atoms with Gasteiger partial charge in [-0.25, -0.2) is 12.8 Å². The molecule has 1 saturated heterocycles. The number of nitrogens with zero attached hydrogens (tertiary/aromatic N) is 2. The first-order valence-electron chi connectivity index (χ1n) is 7.96. The summed E-state index contributed by atoms with van der Waals surface area (Å²) in [6, 6.07) is 9.81. The van der Waals surface area contributed by atoms with Crippen LogP contribution in [0.15, 0.2) is 40.6 Å². The van der Waals surface area contributed by atoms with Gasteiger partial charge in [-0.2, -0.15) is 4.31 Å². The highest BCUT2D eigenvalue weighted by Crippen LogP contribution is 2.30. The molecule has 1 fully saturated rings. The van der Waals surface area contributed by atoms with Crippen molar-refractivity contribution >= 4 is 21.4 Å². The SMILES string of the molecule is CCc1ccc(S(=O)(=O)N2CCN(C)C(c3ccc(F)cc3)C2)s1. The molecule has 0 saturated carbocycles. The molecule has 1 aliphatic rings. The van der Waals surface area contributed by atoms with E-state index in [9.17, 15) is 12.8 Å². The molecule has 0 amide bonds. The number of benzene rings is 1. The first-order chi connectivity index (χ1) is 11.4. The van der Waals surface area contributed by atoms with E-state index in [2.05, 4.69) is 4.90 Å². The van der Waals surface area contributed by atoms with E-state index in [1.165, 1.54) is 23.5 Å². The molecule has 1 aromatic heterocycles. The maximum Gasteiger partial charge on any atom is 0.252 e. The second kappa shape index (κ2) is 6.92. The summed E-state index contributed by atoms with van der Waals surface area (Å²) in [4.78, 5) is 3.18. The van der Waals surface area contributed by atoms with Crippen LogP contribution in [0, 0.1) is 5.82 Å². The Labute approximate surface area is 146 Å². The first kappa shape index (κ1) is 17.5. The van der Waals surface area contributed by atoms with Crippen molar-refractivity contribution in [1.29, 1.82) is 0 Å². The summed E-state index contributed by atoms with van der Waals surface area (Å²) in [6.07, 6.45) is 0.834. The Morgan fingerprint density at radius 1 is 1.17 bits per heavy atom. The zero-order chi connectivity index (χ0) is 17.3. The van der Waals surface area contributed by atoms with Crippen LogP contribution in [-0.4, -0.2) is 44.3 Å². The van der Waals surface area contributed by atoms with Crippen LogP contribution in [0.2, 0.25) is 0 Å². The summed E-state index contributed by atoms with van der Waals surface area (Å²) in [6.45, 7) is 3.51. The van der Waals surface area contributed by atoms with E-state index in [1.54, 1.807) is 22.5 Å². The van der Waals surface area contributed by atoms with Crippen LogP contribution in [0.4, 0.5) is 4.39 Å². The summed E-state index contributed by atoms with van der Waals surface area (Å²) in [5.41, 5.74) is 0.930. The fourth-order valence-electron chi connectivity index (χ4n) is 2.93. The Hall–Kier alpha value is -1.28. The summed E-state index contributed by atoms with van der Waals surface area (Å²) < 4.78 is 40.9. The minimum absolute atomic E-state index is 0.0697. The zero-order valence-corrected chi connectivity index (χ0v) is 15.4. The fourth-order valence-corrected chi connectivity index (χ4v) is 5.81. The van der Waals surface area contributed by atoms with Crippen molar-refractivity contribution in [1.82, 2.24) is 9.21 Å². The van der Waals surface area contributed by atoms with E-state index >= 15 is 0 Å². The van der Waals surface area contributed by atoms with E-state index in [0.717, 1.165) is 16.9 Å². The van der Waals surface area contributed by atoms with Crippen molar-refractivity contribution in [3.8, 4) is 0 Å². The van der Waals surface area contributed by atoms with E-state index in [-0.39, 0.29) is 11.9 Å². The summed E-state index contributed by atoms with van der Waals surface area (Å²) >= 11 is 1.34. The number of hydrogen-bond acceptors (Lipinski definition) is 4. The van der Waals surface area contributed by atoms with Crippen molar-refractivity contribution in [2.45, 2.75) is 23.6 Å². The van der Waals surface area contributed by atoms with Crippen LogP contribution in [0.5, 0.6) is 0 Å². The summed E-state index contributed by atoms with van der Waals surface area (Å²) in [7, 11) is -1.50. The molecule has 130 valence electrons. The molecule has 0 aliphatic carbocycles. The predicted octanol–water partition coefficient (Wildman–Crippen LogP) is 3.13. The molecule has 4 nitrogen and oxygen atoms in total. The average molecular weight is 368 g/mol. The molecular formula is C17H21FN2O2S2. The van der Waals surface area contributed by atoms with Gasteiger partial charge in [0.05, 0.1) is 0 Å². The van der Waals surface area contributed by atoms with Crippen LogP contribution in [0.25, 0.3) is 0 Å². The number of rotatable bonds is 4. The Morgan fingerprint density at radius 2 is 1.88 bits per heavy atom. The van der Waals surface area contributed by atoms with Gasteiger partial charge in [0.1, 0.15) is 10.0 Å². The van der Waals surface area contributed by atoms with E-state index in [1.807, 2.05) is 20.0 Å². The number of piperazine rings is 1. The van der Waals surface area contributed by atoms with Crippen LogP contribution in [0.3, 0.4) is 0 Å². The summed E-state index contributed by atoms with van der Waals surface area (Å²) in [5.74, 6) is -0.285. The van der Waals surface area contributed by atoms with E-state index < -0.39 is 10.0 Å². The standard InChI is InChI=1S/C17H21FN2O2S2/c1-3-15-8-9-17(23-15)24(21,22)20-11-10-19(2)16(12-20)13-4-6-14(18)7-5-13/h4-9,16H,3,10-12H2,1-2H3. The smallest absolute Gasteiger partial charge is 0.252 e. The Morgan fingerprint density at radius 3 is 2.50 bits per heavy atom. The molecule has 1 unspecified atom stereocenters. The van der Waals surface area contributed by atoms with Gasteiger partial charge in [-0.15, -0.1) is 11.3 Å². The molecule has 1 aromatic carbocycles. The highest BCUT2D eigenvalue weighted by molar-refractivity contribution is 7.91. The van der Waals surface area contributed by atoms with Gasteiger partial charge >= 0.3 is 0 Å². The number of hydrogen-bond donors (Lipinski definition) is 0. The van der Waals surface area contributed by atoms with Crippen LogP contribution in [0.1, 0.15) is 23.4 Å². The molecule has 1 aliphatic heterocycles. The predicted molar refractivity (Wildman–Crippen MR) is 94.2 cm³/mol. The molecule has 2 aromatic rings. The molecule has 3 rings (SSSR count). The molecule has 2 heterocycles. The molecule has 0 bridgehead atoms. The van der Waals surface area contributed by atoms with E-state index in [4.69, 9.17) is 0 Å². The maximum absolute atomic E-state index is 13.2. The highest BCUT2D eigenvalue weighted by Gasteiger charge is 2.34. The Bertz CT molecular complexity index is 802. The average Bonchev–Trinajstić information content (AvgIpc) is 3.06. The molecule has 1 atom stereocenters. The van der Waals surface area contributed by atoms with Gasteiger partial charge in [-0.05, 0) is 43.3 Å². The lowest BCUT2D eigenvalue weighted by Gasteiger charge is -2.38. The molecule has 24 heavy (non-hydrogen) atoms. The second-order valence-corrected chi connectivity index (χ2v) is 9.32. The first-order valence-corrected chi connectivity index (χ1v) is 10.2. The molecule has 0 N–H and O–H groups in total. The Balaban J connectivity index is 1.85. The maximum atomic E-state index is 13.2. The number of likely N-dealkylation sites (N-methyl/N-ethyl adjacent to an activating group) is 1. The van der Waals surface area contributed by atoms with Crippen LogP contribution >= 0.6 is 11.3 Å². The monoisotopic (exact) mass is 368 g/mol. The van der Waals surface area contributed by atoms with Crippen molar-refractivity contribution in [2.24, 2.45) is 0 Å². The molecule has 0 spiro atoms. The van der Waals surface area contributed by atoms with E-state index in [0.29, 0.717) is 23.8 Å². The lowest BCUT2D eigenvalue weighted by atomic mass is 10.0. The minimum atomic E-state index is -3.47. The minimum Gasteiger partial charge on any atom is -0.297 e. The number of thiophene rings is 1. The zero-order valence-electron chi connectivity index (χ0n) is 13.8. The molecular weight excluding hydrogens is 347 g/mol. The van der Waals surface area contributed by atoms with Crippen LogP contribution < -0.4 is 0 Å². The van der Waals surface area contributed by atoms with Gasteiger partial charge < -0.3 is 0 Å². The molecule has 7 heteroatoms.